The molecule has 2 fully saturated rings. The summed E-state index contributed by atoms with van der Waals surface area (Å²) in [5.74, 6) is -0.126. The first-order chi connectivity index (χ1) is 12.3. The van der Waals surface area contributed by atoms with Gasteiger partial charge in [0.15, 0.2) is 0 Å². The molecule has 2 N–H and O–H groups in total. The highest BCUT2D eigenvalue weighted by molar-refractivity contribution is 5.92. The Balaban J connectivity index is 0.00000196. The second-order valence-corrected chi connectivity index (χ2v) is 6.75. The highest BCUT2D eigenvalue weighted by Crippen LogP contribution is 2.29. The molecule has 3 atom stereocenters. The number of ether oxygens (including phenoxy) is 1. The summed E-state index contributed by atoms with van der Waals surface area (Å²) in [4.78, 5) is 12.6. The van der Waals surface area contributed by atoms with Gasteiger partial charge >= 0.3 is 0 Å². The molecule has 4 rings (SSSR count). The van der Waals surface area contributed by atoms with Gasteiger partial charge < -0.3 is 15.4 Å². The molecule has 0 spiro atoms. The number of aromatic nitrogens is 2. The molecule has 2 aliphatic heterocycles. The van der Waals surface area contributed by atoms with Gasteiger partial charge in [0.05, 0.1) is 12.1 Å². The van der Waals surface area contributed by atoms with Crippen LogP contribution in [0.2, 0.25) is 0 Å². The van der Waals surface area contributed by atoms with E-state index in [1.165, 1.54) is 0 Å². The van der Waals surface area contributed by atoms with Crippen molar-refractivity contribution in [3.8, 4) is 0 Å². The molecule has 0 radical (unpaired) electrons. The summed E-state index contributed by atoms with van der Waals surface area (Å²) in [6, 6.07) is 12.2. The van der Waals surface area contributed by atoms with E-state index in [1.807, 2.05) is 41.2 Å². The lowest BCUT2D eigenvalue weighted by atomic mass is 10.0. The molecule has 6 nitrogen and oxygen atoms in total. The average Bonchev–Trinajstić information content (AvgIpc) is 3.33. The summed E-state index contributed by atoms with van der Waals surface area (Å²) >= 11 is 0. The zero-order chi connectivity index (χ0) is 17.1. The molecule has 1 amide bonds. The smallest absolute Gasteiger partial charge is 0.272 e. The quantitative estimate of drug-likeness (QED) is 0.860. The maximum atomic E-state index is 12.6. The first-order valence-corrected chi connectivity index (χ1v) is 9.04. The lowest BCUT2D eigenvalue weighted by Gasteiger charge is -2.23. The Morgan fingerprint density at radius 1 is 1.23 bits per heavy atom. The summed E-state index contributed by atoms with van der Waals surface area (Å²) in [5, 5.41) is 11.0. The summed E-state index contributed by atoms with van der Waals surface area (Å²) in [7, 11) is 0. The van der Waals surface area contributed by atoms with Gasteiger partial charge in [-0.1, -0.05) is 30.3 Å². The third kappa shape index (κ3) is 4.09. The predicted octanol–water partition coefficient (Wildman–Crippen LogP) is 2.49. The number of hydrogen-bond acceptors (Lipinski definition) is 4. The van der Waals surface area contributed by atoms with Crippen molar-refractivity contribution in [2.24, 2.45) is 0 Å². The van der Waals surface area contributed by atoms with Crippen molar-refractivity contribution >= 4 is 18.3 Å². The number of rotatable bonds is 4. The lowest BCUT2D eigenvalue weighted by Crippen LogP contribution is -2.37. The van der Waals surface area contributed by atoms with E-state index in [0.29, 0.717) is 18.3 Å². The Morgan fingerprint density at radius 2 is 2.08 bits per heavy atom. The summed E-state index contributed by atoms with van der Waals surface area (Å²) in [5.41, 5.74) is 1.58. The van der Waals surface area contributed by atoms with E-state index in [0.717, 1.165) is 37.9 Å². The maximum Gasteiger partial charge on any atom is 0.272 e. The van der Waals surface area contributed by atoms with Gasteiger partial charge in [0.25, 0.3) is 5.91 Å². The molecule has 1 aromatic heterocycles. The molecule has 0 bridgehead atoms. The van der Waals surface area contributed by atoms with Crippen LogP contribution in [0.15, 0.2) is 42.6 Å². The number of piperidine rings is 1. The summed E-state index contributed by atoms with van der Waals surface area (Å²) < 4.78 is 7.76. The second-order valence-electron chi connectivity index (χ2n) is 6.75. The van der Waals surface area contributed by atoms with Crippen LogP contribution in [0.5, 0.6) is 0 Å². The second kappa shape index (κ2) is 8.66. The van der Waals surface area contributed by atoms with Crippen molar-refractivity contribution in [1.82, 2.24) is 20.4 Å². The highest BCUT2D eigenvalue weighted by Gasteiger charge is 2.31. The van der Waals surface area contributed by atoms with E-state index in [9.17, 15) is 4.79 Å². The first kappa shape index (κ1) is 18.9. The minimum absolute atomic E-state index is 0. The fourth-order valence-electron chi connectivity index (χ4n) is 3.67. The SMILES string of the molecule is Cl.O=C(NC1CCOC1c1ccccc1)c1ccn(C2CCCNC2)n1. The van der Waals surface area contributed by atoms with E-state index in [2.05, 4.69) is 15.7 Å². The monoisotopic (exact) mass is 376 g/mol. The number of nitrogens with one attached hydrogen (secondary N) is 2. The van der Waals surface area contributed by atoms with Crippen molar-refractivity contribution in [2.75, 3.05) is 19.7 Å². The van der Waals surface area contributed by atoms with Crippen molar-refractivity contribution in [3.05, 3.63) is 53.9 Å². The van der Waals surface area contributed by atoms with E-state index in [-0.39, 0.29) is 30.5 Å². The Kier molecular flexibility index (Phi) is 6.29. The van der Waals surface area contributed by atoms with Crippen molar-refractivity contribution in [3.63, 3.8) is 0 Å². The molecule has 2 saturated heterocycles. The molecular weight excluding hydrogens is 352 g/mol. The Morgan fingerprint density at radius 3 is 2.85 bits per heavy atom. The van der Waals surface area contributed by atoms with Crippen LogP contribution in [0.3, 0.4) is 0 Å². The van der Waals surface area contributed by atoms with Gasteiger partial charge in [0.2, 0.25) is 0 Å². The van der Waals surface area contributed by atoms with Crippen LogP contribution >= 0.6 is 12.4 Å². The van der Waals surface area contributed by atoms with E-state index in [1.54, 1.807) is 6.07 Å². The molecule has 3 heterocycles. The fourth-order valence-corrected chi connectivity index (χ4v) is 3.67. The number of hydrogen-bond donors (Lipinski definition) is 2. The molecule has 2 aliphatic rings. The van der Waals surface area contributed by atoms with Crippen LogP contribution in [-0.2, 0) is 4.74 Å². The van der Waals surface area contributed by atoms with Crippen LogP contribution in [0.25, 0.3) is 0 Å². The van der Waals surface area contributed by atoms with Gasteiger partial charge in [0.1, 0.15) is 11.8 Å². The number of carbonyl (C=O) groups excluding carboxylic acids is 1. The molecule has 1 aromatic carbocycles. The standard InChI is InChI=1S/C19H24N4O2.ClH/c24-19(17-8-11-23(22-17)15-7-4-10-20-13-15)21-16-9-12-25-18(16)14-5-2-1-3-6-14;/h1-3,5-6,8,11,15-16,18,20H,4,7,9-10,12-13H2,(H,21,24);1H. The molecule has 26 heavy (non-hydrogen) atoms. The number of benzene rings is 1. The van der Waals surface area contributed by atoms with E-state index >= 15 is 0 Å². The fraction of sp³-hybridized carbons (Fsp3) is 0.474. The normalized spacial score (nSPS) is 25.5. The van der Waals surface area contributed by atoms with Gasteiger partial charge in [-0.15, -0.1) is 12.4 Å². The van der Waals surface area contributed by atoms with Crippen LogP contribution in [0, 0.1) is 0 Å². The molecule has 140 valence electrons. The molecule has 0 aliphatic carbocycles. The van der Waals surface area contributed by atoms with E-state index < -0.39 is 0 Å². The van der Waals surface area contributed by atoms with Gasteiger partial charge in [-0.25, -0.2) is 0 Å². The summed E-state index contributed by atoms with van der Waals surface area (Å²) in [6.07, 6.45) is 4.88. The minimum atomic E-state index is -0.126. The zero-order valence-corrected chi connectivity index (χ0v) is 15.5. The lowest BCUT2D eigenvalue weighted by molar-refractivity contribution is 0.0817. The first-order valence-electron chi connectivity index (χ1n) is 9.04. The number of carbonyl (C=O) groups is 1. The van der Waals surface area contributed by atoms with Gasteiger partial charge in [-0.3, -0.25) is 9.48 Å². The van der Waals surface area contributed by atoms with Gasteiger partial charge in [-0.2, -0.15) is 5.10 Å². The van der Waals surface area contributed by atoms with Crippen LogP contribution < -0.4 is 10.6 Å². The van der Waals surface area contributed by atoms with Crippen molar-refractivity contribution in [2.45, 2.75) is 37.5 Å². The molecule has 3 unspecified atom stereocenters. The Bertz CT molecular complexity index is 715. The average molecular weight is 377 g/mol. The zero-order valence-electron chi connectivity index (χ0n) is 14.6. The van der Waals surface area contributed by atoms with Gasteiger partial charge in [-0.05, 0) is 37.4 Å². The minimum Gasteiger partial charge on any atom is -0.371 e. The molecule has 0 saturated carbocycles. The third-order valence-electron chi connectivity index (χ3n) is 5.02. The number of amides is 1. The predicted molar refractivity (Wildman–Crippen MR) is 102 cm³/mol. The molecule has 2 aromatic rings. The van der Waals surface area contributed by atoms with Crippen LogP contribution in [0.1, 0.15) is 47.5 Å². The highest BCUT2D eigenvalue weighted by atomic mass is 35.5. The number of nitrogens with zero attached hydrogens (tertiary/aromatic N) is 2. The van der Waals surface area contributed by atoms with Gasteiger partial charge in [0, 0.05) is 19.3 Å². The largest absolute Gasteiger partial charge is 0.371 e. The maximum absolute atomic E-state index is 12.6. The van der Waals surface area contributed by atoms with Crippen molar-refractivity contribution in [1.29, 1.82) is 0 Å². The van der Waals surface area contributed by atoms with Crippen LogP contribution in [-0.4, -0.2) is 41.4 Å². The van der Waals surface area contributed by atoms with Crippen LogP contribution in [0.4, 0.5) is 0 Å². The Hall–Kier alpha value is -1.89. The third-order valence-corrected chi connectivity index (χ3v) is 5.02. The van der Waals surface area contributed by atoms with E-state index in [4.69, 9.17) is 4.74 Å². The number of halogens is 1. The molecule has 7 heteroatoms. The van der Waals surface area contributed by atoms with Crippen molar-refractivity contribution < 1.29 is 9.53 Å². The summed E-state index contributed by atoms with van der Waals surface area (Å²) in [6.45, 7) is 2.63. The topological polar surface area (TPSA) is 68.2 Å². The molecular formula is C19H25ClN4O2. The Labute approximate surface area is 159 Å².